The van der Waals surface area contributed by atoms with Crippen LogP contribution in [-0.2, 0) is 11.2 Å². The first kappa shape index (κ1) is 12.6. The lowest BCUT2D eigenvalue weighted by Gasteiger charge is -2.16. The molecule has 2 heteroatoms. The molecule has 2 nitrogen and oxygen atoms in total. The van der Waals surface area contributed by atoms with Gasteiger partial charge >= 0.3 is 0 Å². The van der Waals surface area contributed by atoms with Gasteiger partial charge in [0.05, 0.1) is 6.10 Å². The van der Waals surface area contributed by atoms with Gasteiger partial charge in [0.1, 0.15) is 0 Å². The van der Waals surface area contributed by atoms with Crippen LogP contribution in [0.15, 0.2) is 24.3 Å². The minimum atomic E-state index is 0.218. The zero-order valence-corrected chi connectivity index (χ0v) is 10.9. The van der Waals surface area contributed by atoms with E-state index in [1.807, 2.05) is 0 Å². The van der Waals surface area contributed by atoms with E-state index in [0.717, 1.165) is 19.6 Å². The van der Waals surface area contributed by atoms with Crippen molar-refractivity contribution >= 4 is 0 Å². The van der Waals surface area contributed by atoms with Gasteiger partial charge in [-0.3, -0.25) is 0 Å². The number of ether oxygens (including phenoxy) is 1. The number of rotatable bonds is 3. The Hall–Kier alpha value is -0.860. The van der Waals surface area contributed by atoms with E-state index in [4.69, 9.17) is 4.74 Å². The molecule has 94 valence electrons. The van der Waals surface area contributed by atoms with Gasteiger partial charge in [-0.1, -0.05) is 37.6 Å². The molecule has 0 amide bonds. The fourth-order valence-electron chi connectivity index (χ4n) is 2.26. The summed E-state index contributed by atoms with van der Waals surface area (Å²) in [5.74, 6) is 0. The van der Waals surface area contributed by atoms with Crippen molar-refractivity contribution in [2.75, 3.05) is 13.2 Å². The van der Waals surface area contributed by atoms with Crippen LogP contribution in [0.1, 0.15) is 43.9 Å². The molecule has 1 N–H and O–H groups in total. The van der Waals surface area contributed by atoms with Crippen LogP contribution in [0.5, 0.6) is 0 Å². The number of hydrogen-bond donors (Lipinski definition) is 1. The second kappa shape index (κ2) is 6.18. The molecular formula is C15H23NO. The molecule has 2 rings (SSSR count). The highest BCUT2D eigenvalue weighted by atomic mass is 16.5. The smallest absolute Gasteiger partial charge is 0.0949 e. The summed E-state index contributed by atoms with van der Waals surface area (Å²) >= 11 is 0. The Balaban J connectivity index is 2.00. The second-order valence-corrected chi connectivity index (χ2v) is 4.95. The van der Waals surface area contributed by atoms with E-state index in [1.165, 1.54) is 24.0 Å². The molecule has 0 bridgehead atoms. The third-order valence-corrected chi connectivity index (χ3v) is 3.41. The van der Waals surface area contributed by atoms with Crippen molar-refractivity contribution in [3.8, 4) is 0 Å². The molecule has 1 aliphatic heterocycles. The lowest BCUT2D eigenvalue weighted by molar-refractivity contribution is 0.0664. The van der Waals surface area contributed by atoms with Crippen LogP contribution in [0, 0.1) is 0 Å². The number of nitrogens with one attached hydrogen (secondary N) is 1. The highest BCUT2D eigenvalue weighted by Crippen LogP contribution is 2.20. The predicted octanol–water partition coefficient (Wildman–Crippen LogP) is 3.08. The van der Waals surface area contributed by atoms with E-state index in [9.17, 15) is 0 Å². The Bertz CT molecular complexity index is 333. The van der Waals surface area contributed by atoms with Crippen molar-refractivity contribution in [3.63, 3.8) is 0 Å². The van der Waals surface area contributed by atoms with E-state index in [1.54, 1.807) is 0 Å². The molecule has 1 fully saturated rings. The molecule has 2 unspecified atom stereocenters. The van der Waals surface area contributed by atoms with Gasteiger partial charge in [0.25, 0.3) is 0 Å². The van der Waals surface area contributed by atoms with E-state index < -0.39 is 0 Å². The Morgan fingerprint density at radius 3 is 2.76 bits per heavy atom. The van der Waals surface area contributed by atoms with Crippen molar-refractivity contribution in [2.24, 2.45) is 0 Å². The third-order valence-electron chi connectivity index (χ3n) is 3.41. The normalized spacial score (nSPS) is 25.5. The first-order valence-electron chi connectivity index (χ1n) is 6.73. The predicted molar refractivity (Wildman–Crippen MR) is 71.2 cm³/mol. The van der Waals surface area contributed by atoms with Crippen LogP contribution in [0.4, 0.5) is 0 Å². The van der Waals surface area contributed by atoms with Crippen molar-refractivity contribution in [3.05, 3.63) is 35.4 Å². The molecule has 0 radical (unpaired) electrons. The summed E-state index contributed by atoms with van der Waals surface area (Å²) in [4.78, 5) is 0. The van der Waals surface area contributed by atoms with Gasteiger partial charge in [0.15, 0.2) is 0 Å². The first-order valence-corrected chi connectivity index (χ1v) is 6.73. The summed E-state index contributed by atoms with van der Waals surface area (Å²) in [5, 5.41) is 3.51. The molecule has 0 aromatic heterocycles. The summed E-state index contributed by atoms with van der Waals surface area (Å²) in [5.41, 5.74) is 2.72. The molecule has 0 spiro atoms. The zero-order valence-electron chi connectivity index (χ0n) is 10.9. The summed E-state index contributed by atoms with van der Waals surface area (Å²) in [6.07, 6.45) is 3.69. The maximum absolute atomic E-state index is 5.90. The van der Waals surface area contributed by atoms with Crippen LogP contribution in [0.25, 0.3) is 0 Å². The van der Waals surface area contributed by atoms with Crippen LogP contribution >= 0.6 is 0 Å². The molecule has 1 aromatic rings. The van der Waals surface area contributed by atoms with E-state index in [0.29, 0.717) is 6.04 Å². The van der Waals surface area contributed by atoms with E-state index in [2.05, 4.69) is 43.4 Å². The maximum Gasteiger partial charge on any atom is 0.0949 e. The van der Waals surface area contributed by atoms with E-state index >= 15 is 0 Å². The minimum Gasteiger partial charge on any atom is -0.372 e. The van der Waals surface area contributed by atoms with Crippen LogP contribution < -0.4 is 5.32 Å². The quantitative estimate of drug-likeness (QED) is 0.866. The molecule has 1 aliphatic rings. The Labute approximate surface area is 104 Å². The van der Waals surface area contributed by atoms with Crippen LogP contribution in [-0.4, -0.2) is 19.2 Å². The zero-order chi connectivity index (χ0) is 12.1. The fraction of sp³-hybridized carbons (Fsp3) is 0.600. The molecule has 2 atom stereocenters. The number of benzene rings is 1. The molecule has 17 heavy (non-hydrogen) atoms. The standard InChI is InChI=1S/C15H23NO/c1-3-4-13-5-7-14(8-6-13)15-11-16-12(2)9-10-17-15/h5-8,12,15-16H,3-4,9-11H2,1-2H3. The summed E-state index contributed by atoms with van der Waals surface area (Å²) in [7, 11) is 0. The SMILES string of the molecule is CCCc1ccc(C2CNC(C)CCO2)cc1. The van der Waals surface area contributed by atoms with Gasteiger partial charge in [-0.15, -0.1) is 0 Å². The largest absolute Gasteiger partial charge is 0.372 e. The Morgan fingerprint density at radius 1 is 1.29 bits per heavy atom. The number of hydrogen-bond acceptors (Lipinski definition) is 2. The van der Waals surface area contributed by atoms with Crippen molar-refractivity contribution in [2.45, 2.75) is 45.3 Å². The lowest BCUT2D eigenvalue weighted by Crippen LogP contribution is -2.27. The van der Waals surface area contributed by atoms with Gasteiger partial charge in [0, 0.05) is 19.2 Å². The molecular weight excluding hydrogens is 210 g/mol. The van der Waals surface area contributed by atoms with Crippen LogP contribution in [0.3, 0.4) is 0 Å². The topological polar surface area (TPSA) is 21.3 Å². The average molecular weight is 233 g/mol. The lowest BCUT2D eigenvalue weighted by atomic mass is 10.0. The van der Waals surface area contributed by atoms with Gasteiger partial charge in [0.2, 0.25) is 0 Å². The molecule has 1 heterocycles. The van der Waals surface area contributed by atoms with Crippen molar-refractivity contribution in [1.29, 1.82) is 0 Å². The Morgan fingerprint density at radius 2 is 2.06 bits per heavy atom. The number of aryl methyl sites for hydroxylation is 1. The van der Waals surface area contributed by atoms with Crippen molar-refractivity contribution in [1.82, 2.24) is 5.32 Å². The maximum atomic E-state index is 5.90. The second-order valence-electron chi connectivity index (χ2n) is 4.95. The summed E-state index contributed by atoms with van der Waals surface area (Å²) in [6, 6.07) is 9.47. The van der Waals surface area contributed by atoms with Crippen molar-refractivity contribution < 1.29 is 4.74 Å². The van der Waals surface area contributed by atoms with Gasteiger partial charge < -0.3 is 10.1 Å². The molecule has 0 saturated carbocycles. The minimum absolute atomic E-state index is 0.218. The highest BCUT2D eigenvalue weighted by Gasteiger charge is 2.17. The van der Waals surface area contributed by atoms with Crippen LogP contribution in [0.2, 0.25) is 0 Å². The summed E-state index contributed by atoms with van der Waals surface area (Å²) in [6.45, 7) is 6.22. The molecule has 1 saturated heterocycles. The van der Waals surface area contributed by atoms with Gasteiger partial charge in [-0.25, -0.2) is 0 Å². The summed E-state index contributed by atoms with van der Waals surface area (Å²) < 4.78 is 5.90. The molecule has 1 aromatic carbocycles. The first-order chi connectivity index (χ1) is 8.29. The molecule has 0 aliphatic carbocycles. The van der Waals surface area contributed by atoms with Gasteiger partial charge in [-0.05, 0) is 30.9 Å². The fourth-order valence-corrected chi connectivity index (χ4v) is 2.26. The van der Waals surface area contributed by atoms with Gasteiger partial charge in [-0.2, -0.15) is 0 Å². The Kier molecular flexibility index (Phi) is 4.57. The highest BCUT2D eigenvalue weighted by molar-refractivity contribution is 5.24. The monoisotopic (exact) mass is 233 g/mol. The van der Waals surface area contributed by atoms with E-state index in [-0.39, 0.29) is 6.10 Å². The average Bonchev–Trinajstić information content (AvgIpc) is 2.56. The third kappa shape index (κ3) is 3.55.